The van der Waals surface area contributed by atoms with Crippen molar-refractivity contribution < 1.29 is 8.42 Å². The normalized spacial score (nSPS) is 21.1. The van der Waals surface area contributed by atoms with E-state index in [2.05, 4.69) is 4.90 Å². The highest BCUT2D eigenvalue weighted by molar-refractivity contribution is 7.89. The maximum absolute atomic E-state index is 12.2. The van der Waals surface area contributed by atoms with Crippen LogP contribution < -0.4 is 10.6 Å². The summed E-state index contributed by atoms with van der Waals surface area (Å²) in [6.07, 6.45) is 2.14. The molecule has 0 spiro atoms. The molecule has 0 bridgehead atoms. The highest BCUT2D eigenvalue weighted by Crippen LogP contribution is 2.31. The topological polar surface area (TPSA) is 66.6 Å². The summed E-state index contributed by atoms with van der Waals surface area (Å²) < 4.78 is 26.1. The van der Waals surface area contributed by atoms with Gasteiger partial charge in [0.05, 0.1) is 17.1 Å². The van der Waals surface area contributed by atoms with Crippen LogP contribution in [0.25, 0.3) is 0 Å². The van der Waals surface area contributed by atoms with Crippen LogP contribution in [0.2, 0.25) is 0 Å². The zero-order valence-corrected chi connectivity index (χ0v) is 12.3. The minimum Gasteiger partial charge on any atom is -0.397 e. The van der Waals surface area contributed by atoms with Crippen molar-refractivity contribution >= 4 is 21.4 Å². The van der Waals surface area contributed by atoms with Crippen LogP contribution in [0.4, 0.5) is 11.4 Å². The van der Waals surface area contributed by atoms with Crippen molar-refractivity contribution in [1.29, 1.82) is 0 Å². The lowest BCUT2D eigenvalue weighted by Gasteiger charge is -2.35. The van der Waals surface area contributed by atoms with Crippen LogP contribution in [0.3, 0.4) is 0 Å². The Balaban J connectivity index is 1.63. The summed E-state index contributed by atoms with van der Waals surface area (Å²) >= 11 is 0. The standard InChI is InChI=1S/C14H21N3O2S/c15-13-3-1-2-4-14(13)16-7-9-17(10-8-16)20(18,19)11-12-5-6-12/h1-4,12H,5-11,15H2. The number of hydrogen-bond donors (Lipinski definition) is 1. The zero-order valence-electron chi connectivity index (χ0n) is 11.5. The molecule has 0 radical (unpaired) electrons. The number of piperazine rings is 1. The predicted molar refractivity (Wildman–Crippen MR) is 81.2 cm³/mol. The van der Waals surface area contributed by atoms with Crippen molar-refractivity contribution in [3.63, 3.8) is 0 Å². The molecule has 1 aliphatic heterocycles. The first-order valence-corrected chi connectivity index (χ1v) is 8.74. The Kier molecular flexibility index (Phi) is 3.60. The van der Waals surface area contributed by atoms with Gasteiger partial charge in [-0.2, -0.15) is 4.31 Å². The van der Waals surface area contributed by atoms with Crippen LogP contribution in [-0.4, -0.2) is 44.7 Å². The molecule has 0 unspecified atom stereocenters. The van der Waals surface area contributed by atoms with Crippen LogP contribution in [0.15, 0.2) is 24.3 Å². The van der Waals surface area contributed by atoms with Crippen LogP contribution >= 0.6 is 0 Å². The molecule has 2 aliphatic rings. The van der Waals surface area contributed by atoms with Gasteiger partial charge < -0.3 is 10.6 Å². The monoisotopic (exact) mass is 295 g/mol. The summed E-state index contributed by atoms with van der Waals surface area (Å²) in [7, 11) is -3.06. The summed E-state index contributed by atoms with van der Waals surface area (Å²) in [5, 5.41) is 0. The largest absolute Gasteiger partial charge is 0.397 e. The van der Waals surface area contributed by atoms with E-state index in [-0.39, 0.29) is 0 Å². The number of sulfonamides is 1. The third-order valence-electron chi connectivity index (χ3n) is 4.05. The van der Waals surface area contributed by atoms with Gasteiger partial charge in [0.2, 0.25) is 10.0 Å². The van der Waals surface area contributed by atoms with Gasteiger partial charge in [0, 0.05) is 26.2 Å². The zero-order chi connectivity index (χ0) is 14.2. The van der Waals surface area contributed by atoms with E-state index in [4.69, 9.17) is 5.73 Å². The SMILES string of the molecule is Nc1ccccc1N1CCN(S(=O)(=O)CC2CC2)CC1. The van der Waals surface area contributed by atoms with Gasteiger partial charge in [0.1, 0.15) is 0 Å². The molecule has 2 fully saturated rings. The van der Waals surface area contributed by atoms with Crippen LogP contribution in [0.5, 0.6) is 0 Å². The van der Waals surface area contributed by atoms with E-state index in [1.165, 1.54) is 0 Å². The average molecular weight is 295 g/mol. The van der Waals surface area contributed by atoms with Crippen LogP contribution in [0, 0.1) is 5.92 Å². The molecule has 1 heterocycles. The van der Waals surface area contributed by atoms with Gasteiger partial charge in [0.15, 0.2) is 0 Å². The summed E-state index contributed by atoms with van der Waals surface area (Å²) in [5.74, 6) is 0.739. The fourth-order valence-electron chi connectivity index (χ4n) is 2.67. The van der Waals surface area contributed by atoms with Gasteiger partial charge in [-0.25, -0.2) is 8.42 Å². The number of anilines is 2. The highest BCUT2D eigenvalue weighted by Gasteiger charge is 2.33. The van der Waals surface area contributed by atoms with E-state index in [9.17, 15) is 8.42 Å². The number of hydrogen-bond acceptors (Lipinski definition) is 4. The minimum absolute atomic E-state index is 0.334. The molecule has 110 valence electrons. The summed E-state index contributed by atoms with van der Waals surface area (Å²) in [4.78, 5) is 2.17. The highest BCUT2D eigenvalue weighted by atomic mass is 32.2. The third kappa shape index (κ3) is 2.91. The third-order valence-corrected chi connectivity index (χ3v) is 6.10. The Labute approximate surface area is 120 Å². The van der Waals surface area contributed by atoms with E-state index in [0.717, 1.165) is 24.2 Å². The fraction of sp³-hybridized carbons (Fsp3) is 0.571. The van der Waals surface area contributed by atoms with Crippen LogP contribution in [-0.2, 0) is 10.0 Å². The van der Waals surface area contributed by atoms with Gasteiger partial charge in [-0.05, 0) is 30.9 Å². The molecular weight excluding hydrogens is 274 g/mol. The van der Waals surface area contributed by atoms with Gasteiger partial charge in [-0.15, -0.1) is 0 Å². The second-order valence-corrected chi connectivity index (χ2v) is 7.68. The fourth-order valence-corrected chi connectivity index (χ4v) is 4.53. The van der Waals surface area contributed by atoms with E-state index >= 15 is 0 Å². The molecule has 2 N–H and O–H groups in total. The number of nitrogens with zero attached hydrogens (tertiary/aromatic N) is 2. The first-order chi connectivity index (χ1) is 9.56. The Morgan fingerprint density at radius 3 is 2.35 bits per heavy atom. The van der Waals surface area contributed by atoms with Gasteiger partial charge >= 0.3 is 0 Å². The van der Waals surface area contributed by atoms with E-state index in [1.54, 1.807) is 4.31 Å². The lowest BCUT2D eigenvalue weighted by molar-refractivity contribution is 0.384. The van der Waals surface area contributed by atoms with Gasteiger partial charge in [-0.1, -0.05) is 12.1 Å². The van der Waals surface area contributed by atoms with Gasteiger partial charge in [0.25, 0.3) is 0 Å². The molecule has 6 heteroatoms. The van der Waals surface area contributed by atoms with Crippen LogP contribution in [0.1, 0.15) is 12.8 Å². The number of para-hydroxylation sites is 2. The molecule has 0 amide bonds. The predicted octanol–water partition coefficient (Wildman–Crippen LogP) is 1.13. The molecule has 5 nitrogen and oxygen atoms in total. The quantitative estimate of drug-likeness (QED) is 0.846. The Hall–Kier alpha value is -1.27. The lowest BCUT2D eigenvalue weighted by Crippen LogP contribution is -2.49. The molecule has 1 aliphatic carbocycles. The molecule has 0 aromatic heterocycles. The summed E-state index contributed by atoms with van der Waals surface area (Å²) in [6.45, 7) is 2.53. The molecule has 1 aromatic carbocycles. The maximum atomic E-state index is 12.2. The lowest BCUT2D eigenvalue weighted by atomic mass is 10.2. The van der Waals surface area contributed by atoms with E-state index in [0.29, 0.717) is 37.8 Å². The second-order valence-electron chi connectivity index (χ2n) is 5.67. The molecule has 1 saturated carbocycles. The number of nitrogens with two attached hydrogens (primary N) is 1. The van der Waals surface area contributed by atoms with Crippen molar-refractivity contribution in [3.8, 4) is 0 Å². The summed E-state index contributed by atoms with van der Waals surface area (Å²) in [5.41, 5.74) is 7.73. The average Bonchev–Trinajstić information content (AvgIpc) is 3.23. The van der Waals surface area contributed by atoms with Crippen molar-refractivity contribution in [1.82, 2.24) is 4.31 Å². The first kappa shape index (κ1) is 13.7. The maximum Gasteiger partial charge on any atom is 0.214 e. The van der Waals surface area contributed by atoms with Crippen molar-refractivity contribution in [3.05, 3.63) is 24.3 Å². The summed E-state index contributed by atoms with van der Waals surface area (Å²) in [6, 6.07) is 7.74. The molecule has 20 heavy (non-hydrogen) atoms. The smallest absolute Gasteiger partial charge is 0.214 e. The molecule has 1 aromatic rings. The molecule has 1 saturated heterocycles. The first-order valence-electron chi connectivity index (χ1n) is 7.13. The molecule has 3 rings (SSSR count). The molecular formula is C14H21N3O2S. The number of benzene rings is 1. The Bertz CT molecular complexity index is 576. The second kappa shape index (κ2) is 5.26. The van der Waals surface area contributed by atoms with E-state index in [1.807, 2.05) is 24.3 Å². The Morgan fingerprint density at radius 1 is 1.10 bits per heavy atom. The van der Waals surface area contributed by atoms with Crippen molar-refractivity contribution in [2.24, 2.45) is 5.92 Å². The number of nitrogen functional groups attached to an aromatic ring is 1. The van der Waals surface area contributed by atoms with E-state index < -0.39 is 10.0 Å². The Morgan fingerprint density at radius 2 is 1.75 bits per heavy atom. The molecule has 0 atom stereocenters. The minimum atomic E-state index is -3.06. The van der Waals surface area contributed by atoms with Crippen molar-refractivity contribution in [2.45, 2.75) is 12.8 Å². The number of rotatable bonds is 4. The van der Waals surface area contributed by atoms with Gasteiger partial charge in [-0.3, -0.25) is 0 Å². The van der Waals surface area contributed by atoms with Crippen molar-refractivity contribution in [2.75, 3.05) is 42.6 Å².